The maximum absolute atomic E-state index is 12.9. The molecule has 2 heterocycles. The van der Waals surface area contributed by atoms with Gasteiger partial charge in [0.1, 0.15) is 11.2 Å². The van der Waals surface area contributed by atoms with E-state index in [0.29, 0.717) is 5.82 Å². The molecule has 2 rings (SSSR count). The molecule has 0 spiro atoms. The van der Waals surface area contributed by atoms with Crippen LogP contribution in [0.15, 0.2) is 12.4 Å². The van der Waals surface area contributed by atoms with Crippen LogP contribution in [0, 0.1) is 0 Å². The first-order chi connectivity index (χ1) is 7.58. The second-order valence-electron chi connectivity index (χ2n) is 4.21. The van der Waals surface area contributed by atoms with Gasteiger partial charge >= 0.3 is 0 Å². The predicted molar refractivity (Wildman–Crippen MR) is 64.2 cm³/mol. The Morgan fingerprint density at radius 2 is 2.25 bits per heavy atom. The third kappa shape index (κ3) is 1.74. The number of anilines is 1. The van der Waals surface area contributed by atoms with Gasteiger partial charge < -0.3 is 5.43 Å². The highest BCUT2D eigenvalue weighted by Gasteiger charge is 2.24. The van der Waals surface area contributed by atoms with Crippen molar-refractivity contribution < 1.29 is 4.39 Å². The van der Waals surface area contributed by atoms with Gasteiger partial charge in [0.15, 0.2) is 5.82 Å². The summed E-state index contributed by atoms with van der Waals surface area (Å²) in [5, 5.41) is 0.839. The molecule has 0 aliphatic heterocycles. The number of halogens is 1. The van der Waals surface area contributed by atoms with Gasteiger partial charge in [0.25, 0.3) is 0 Å². The van der Waals surface area contributed by atoms with Gasteiger partial charge in [0.05, 0.1) is 12.1 Å². The summed E-state index contributed by atoms with van der Waals surface area (Å²) in [6.45, 7) is 3.32. The van der Waals surface area contributed by atoms with Crippen LogP contribution < -0.4 is 11.3 Å². The third-order valence-corrected chi connectivity index (χ3v) is 3.88. The van der Waals surface area contributed by atoms with Crippen LogP contribution in [0.5, 0.6) is 0 Å². The van der Waals surface area contributed by atoms with E-state index in [2.05, 4.69) is 15.4 Å². The molecule has 0 saturated heterocycles. The summed E-state index contributed by atoms with van der Waals surface area (Å²) in [5.41, 5.74) is 2.03. The second kappa shape index (κ2) is 3.95. The highest BCUT2D eigenvalue weighted by Crippen LogP contribution is 2.35. The molecule has 0 atom stereocenters. The number of thiophene rings is 1. The van der Waals surface area contributed by atoms with Crippen LogP contribution in [-0.2, 0) is 5.41 Å². The number of nitrogens with two attached hydrogens (primary N) is 1. The predicted octanol–water partition coefficient (Wildman–Crippen LogP) is 2.22. The van der Waals surface area contributed by atoms with E-state index in [1.54, 1.807) is 0 Å². The number of rotatable bonds is 3. The van der Waals surface area contributed by atoms with Crippen molar-refractivity contribution in [2.45, 2.75) is 19.3 Å². The smallest absolute Gasteiger partial charge is 0.152 e. The molecule has 0 aliphatic carbocycles. The first-order valence-electron chi connectivity index (χ1n) is 4.86. The van der Waals surface area contributed by atoms with Gasteiger partial charge in [-0.25, -0.2) is 15.8 Å². The molecule has 4 nitrogen and oxygen atoms in total. The topological polar surface area (TPSA) is 63.8 Å². The van der Waals surface area contributed by atoms with E-state index in [1.807, 2.05) is 19.9 Å². The Labute approximate surface area is 96.7 Å². The molecule has 0 fully saturated rings. The molecule has 0 aromatic carbocycles. The summed E-state index contributed by atoms with van der Waals surface area (Å²) in [6.07, 6.45) is 1.44. The van der Waals surface area contributed by atoms with Crippen LogP contribution in [0.4, 0.5) is 10.2 Å². The molecule has 2 aromatic heterocycles. The van der Waals surface area contributed by atoms with Crippen molar-refractivity contribution in [1.29, 1.82) is 0 Å². The number of nitrogens with zero attached hydrogens (tertiary/aromatic N) is 2. The minimum Gasteiger partial charge on any atom is -0.308 e. The summed E-state index contributed by atoms with van der Waals surface area (Å²) in [5.74, 6) is 5.93. The van der Waals surface area contributed by atoms with Crippen LogP contribution in [-0.4, -0.2) is 16.6 Å². The van der Waals surface area contributed by atoms with E-state index in [4.69, 9.17) is 5.84 Å². The summed E-state index contributed by atoms with van der Waals surface area (Å²) in [6, 6.07) is 1.90. The SMILES string of the molecule is CC(C)(CF)c1cc2c(NN)ncnc2s1. The Bertz CT molecular complexity index is 508. The van der Waals surface area contributed by atoms with Crippen molar-refractivity contribution in [3.8, 4) is 0 Å². The first-order valence-corrected chi connectivity index (χ1v) is 5.68. The number of nitrogen functional groups attached to an aromatic ring is 1. The molecule has 0 bridgehead atoms. The molecule has 16 heavy (non-hydrogen) atoms. The molecule has 3 N–H and O–H groups in total. The van der Waals surface area contributed by atoms with Crippen molar-refractivity contribution >= 4 is 27.4 Å². The average molecular weight is 240 g/mol. The normalized spacial score (nSPS) is 12.0. The lowest BCUT2D eigenvalue weighted by molar-refractivity contribution is 0.356. The van der Waals surface area contributed by atoms with Gasteiger partial charge in [-0.15, -0.1) is 11.3 Å². The van der Waals surface area contributed by atoms with Gasteiger partial charge in [-0.2, -0.15) is 0 Å². The van der Waals surface area contributed by atoms with E-state index in [-0.39, 0.29) is 0 Å². The third-order valence-electron chi connectivity index (χ3n) is 2.47. The lowest BCUT2D eigenvalue weighted by atomic mass is 9.93. The molecule has 0 radical (unpaired) electrons. The molecule has 6 heteroatoms. The number of fused-ring (bicyclic) bond motifs is 1. The number of hydrazine groups is 1. The fourth-order valence-corrected chi connectivity index (χ4v) is 2.45. The molecule has 0 unspecified atom stereocenters. The summed E-state index contributed by atoms with van der Waals surface area (Å²) in [7, 11) is 0. The van der Waals surface area contributed by atoms with E-state index in [1.165, 1.54) is 17.7 Å². The van der Waals surface area contributed by atoms with Crippen molar-refractivity contribution in [1.82, 2.24) is 9.97 Å². The Kier molecular flexibility index (Phi) is 2.77. The zero-order valence-corrected chi connectivity index (χ0v) is 9.94. The molecule has 86 valence electrons. The maximum atomic E-state index is 12.9. The zero-order valence-electron chi connectivity index (χ0n) is 9.12. The number of hydrogen-bond donors (Lipinski definition) is 2. The molecular formula is C10H13FN4S. The van der Waals surface area contributed by atoms with Gasteiger partial charge in [0.2, 0.25) is 0 Å². The van der Waals surface area contributed by atoms with E-state index in [9.17, 15) is 4.39 Å². The number of alkyl halides is 1. The van der Waals surface area contributed by atoms with Crippen LogP contribution in [0.3, 0.4) is 0 Å². The summed E-state index contributed by atoms with van der Waals surface area (Å²) < 4.78 is 12.9. The van der Waals surface area contributed by atoms with Crippen molar-refractivity contribution in [2.24, 2.45) is 5.84 Å². The van der Waals surface area contributed by atoms with Crippen LogP contribution in [0.1, 0.15) is 18.7 Å². The van der Waals surface area contributed by atoms with Gasteiger partial charge in [0, 0.05) is 10.3 Å². The van der Waals surface area contributed by atoms with Gasteiger partial charge in [-0.05, 0) is 6.07 Å². The standard InChI is InChI=1S/C10H13FN4S/c1-10(2,4-11)7-3-6-8(15-12)13-5-14-9(6)16-7/h3,5H,4,12H2,1-2H3,(H,13,14,15). The van der Waals surface area contributed by atoms with Gasteiger partial charge in [-0.3, -0.25) is 4.39 Å². The minimum absolute atomic E-state index is 0.404. The highest BCUT2D eigenvalue weighted by atomic mass is 32.1. The monoisotopic (exact) mass is 240 g/mol. The zero-order chi connectivity index (χ0) is 11.8. The van der Waals surface area contributed by atoms with E-state index < -0.39 is 12.1 Å². The van der Waals surface area contributed by atoms with E-state index in [0.717, 1.165) is 15.1 Å². The number of aromatic nitrogens is 2. The van der Waals surface area contributed by atoms with Crippen LogP contribution >= 0.6 is 11.3 Å². The fraction of sp³-hybridized carbons (Fsp3) is 0.400. The van der Waals surface area contributed by atoms with Crippen molar-refractivity contribution in [2.75, 3.05) is 12.1 Å². The number of nitrogens with one attached hydrogen (secondary N) is 1. The second-order valence-corrected chi connectivity index (χ2v) is 5.24. The van der Waals surface area contributed by atoms with E-state index >= 15 is 0 Å². The van der Waals surface area contributed by atoms with Crippen molar-refractivity contribution in [3.05, 3.63) is 17.3 Å². The maximum Gasteiger partial charge on any atom is 0.152 e. The Hall–Kier alpha value is -1.27. The summed E-state index contributed by atoms with van der Waals surface area (Å²) >= 11 is 1.47. The van der Waals surface area contributed by atoms with Crippen LogP contribution in [0.2, 0.25) is 0 Å². The van der Waals surface area contributed by atoms with Crippen LogP contribution in [0.25, 0.3) is 10.2 Å². The largest absolute Gasteiger partial charge is 0.308 e. The quantitative estimate of drug-likeness (QED) is 0.638. The fourth-order valence-electron chi connectivity index (χ4n) is 1.37. The molecule has 0 amide bonds. The minimum atomic E-state index is -0.489. The lowest BCUT2D eigenvalue weighted by Crippen LogP contribution is -2.17. The number of hydrogen-bond acceptors (Lipinski definition) is 5. The Morgan fingerprint density at radius 3 is 2.88 bits per heavy atom. The average Bonchev–Trinajstić information content (AvgIpc) is 2.73. The molecule has 0 aliphatic rings. The van der Waals surface area contributed by atoms with Gasteiger partial charge in [-0.1, -0.05) is 13.8 Å². The Balaban J connectivity index is 2.60. The molecule has 2 aromatic rings. The lowest BCUT2D eigenvalue weighted by Gasteiger charge is -2.17. The van der Waals surface area contributed by atoms with Crippen molar-refractivity contribution in [3.63, 3.8) is 0 Å². The molecular weight excluding hydrogens is 227 g/mol. The molecule has 0 saturated carbocycles. The highest BCUT2D eigenvalue weighted by molar-refractivity contribution is 7.18. The summed E-state index contributed by atoms with van der Waals surface area (Å²) in [4.78, 5) is 9.93. The Morgan fingerprint density at radius 1 is 1.50 bits per heavy atom. The first kappa shape index (κ1) is 11.2.